The van der Waals surface area contributed by atoms with Crippen LogP contribution in [0.2, 0.25) is 5.04 Å². The predicted octanol–water partition coefficient (Wildman–Crippen LogP) is 4.55. The van der Waals surface area contributed by atoms with Crippen LogP contribution in [-0.4, -0.2) is 21.5 Å². The average Bonchev–Trinajstić information content (AvgIpc) is 2.74. The van der Waals surface area contributed by atoms with Gasteiger partial charge in [-0.3, -0.25) is 0 Å². The highest BCUT2D eigenvalue weighted by molar-refractivity contribution is 6.99. The van der Waals surface area contributed by atoms with E-state index in [1.165, 1.54) is 10.4 Å². The molecule has 0 spiro atoms. The van der Waals surface area contributed by atoms with Crippen molar-refractivity contribution in [3.8, 4) is 6.07 Å². The SMILES string of the molecule is CC(C)(C)[Si](OCCNc1ccc(C#N)cc1)(c1ccccc1)c1ccccc1. The molecule has 0 aromatic heterocycles. The summed E-state index contributed by atoms with van der Waals surface area (Å²) in [6, 6.07) is 31.0. The van der Waals surface area contributed by atoms with Crippen LogP contribution in [-0.2, 0) is 4.43 Å². The summed E-state index contributed by atoms with van der Waals surface area (Å²) in [5.41, 5.74) is 1.66. The molecule has 0 saturated heterocycles. The van der Waals surface area contributed by atoms with E-state index in [4.69, 9.17) is 9.69 Å². The predicted molar refractivity (Wildman–Crippen MR) is 123 cm³/mol. The lowest BCUT2D eigenvalue weighted by Gasteiger charge is -2.43. The van der Waals surface area contributed by atoms with E-state index in [1.54, 1.807) is 0 Å². The molecule has 0 fully saturated rings. The molecule has 0 aliphatic rings. The van der Waals surface area contributed by atoms with Crippen LogP contribution >= 0.6 is 0 Å². The van der Waals surface area contributed by atoms with Crippen molar-refractivity contribution in [1.82, 2.24) is 0 Å². The van der Waals surface area contributed by atoms with E-state index in [-0.39, 0.29) is 5.04 Å². The van der Waals surface area contributed by atoms with Crippen LogP contribution in [0.3, 0.4) is 0 Å². The van der Waals surface area contributed by atoms with E-state index in [0.717, 1.165) is 5.69 Å². The third-order valence-electron chi connectivity index (χ3n) is 5.18. The lowest BCUT2D eigenvalue weighted by atomic mass is 10.2. The largest absolute Gasteiger partial charge is 0.406 e. The molecular weight excluding hydrogens is 372 g/mol. The number of hydrogen-bond donors (Lipinski definition) is 1. The summed E-state index contributed by atoms with van der Waals surface area (Å²) >= 11 is 0. The van der Waals surface area contributed by atoms with Crippen molar-refractivity contribution >= 4 is 24.4 Å². The van der Waals surface area contributed by atoms with Crippen LogP contribution in [0, 0.1) is 11.3 Å². The normalized spacial score (nSPS) is 11.7. The first-order valence-corrected chi connectivity index (χ1v) is 11.9. The summed E-state index contributed by atoms with van der Waals surface area (Å²) in [4.78, 5) is 0. The second-order valence-electron chi connectivity index (χ2n) is 8.13. The van der Waals surface area contributed by atoms with Crippen LogP contribution in [0.5, 0.6) is 0 Å². The van der Waals surface area contributed by atoms with Crippen molar-refractivity contribution in [2.45, 2.75) is 25.8 Å². The van der Waals surface area contributed by atoms with Crippen LogP contribution in [0.4, 0.5) is 5.69 Å². The zero-order chi connectivity index (χ0) is 20.7. The standard InChI is InChI=1S/C25H28N2OSi/c1-25(2,3)29(23-10-6-4-7-11-23,24-12-8-5-9-13-24)28-19-18-27-22-16-14-21(20-26)15-17-22/h4-17,27H,18-19H2,1-3H3. The van der Waals surface area contributed by atoms with Gasteiger partial charge in [0, 0.05) is 12.2 Å². The molecule has 4 heteroatoms. The topological polar surface area (TPSA) is 45.0 Å². The molecule has 0 saturated carbocycles. The highest BCUT2D eigenvalue weighted by atomic mass is 28.4. The van der Waals surface area contributed by atoms with Gasteiger partial charge in [0.1, 0.15) is 0 Å². The van der Waals surface area contributed by atoms with Gasteiger partial charge in [-0.15, -0.1) is 0 Å². The summed E-state index contributed by atoms with van der Waals surface area (Å²) in [6.07, 6.45) is 0. The number of anilines is 1. The van der Waals surface area contributed by atoms with Gasteiger partial charge in [-0.2, -0.15) is 5.26 Å². The van der Waals surface area contributed by atoms with E-state index >= 15 is 0 Å². The molecule has 3 nitrogen and oxygen atoms in total. The number of hydrogen-bond acceptors (Lipinski definition) is 3. The molecule has 0 heterocycles. The second kappa shape index (κ2) is 9.08. The fourth-order valence-corrected chi connectivity index (χ4v) is 8.39. The molecule has 0 bridgehead atoms. The Balaban J connectivity index is 1.84. The molecule has 0 aliphatic heterocycles. The van der Waals surface area contributed by atoms with Gasteiger partial charge in [-0.05, 0) is 39.7 Å². The Morgan fingerprint density at radius 1 is 0.828 bits per heavy atom. The minimum Gasteiger partial charge on any atom is -0.406 e. The Kier molecular flexibility index (Phi) is 6.53. The summed E-state index contributed by atoms with van der Waals surface area (Å²) in [6.45, 7) is 8.16. The maximum Gasteiger partial charge on any atom is 0.261 e. The summed E-state index contributed by atoms with van der Waals surface area (Å²) in [5, 5.41) is 14.9. The molecule has 0 aliphatic carbocycles. The van der Waals surface area contributed by atoms with E-state index in [1.807, 2.05) is 24.3 Å². The molecule has 3 rings (SSSR count). The molecule has 0 unspecified atom stereocenters. The number of rotatable bonds is 7. The lowest BCUT2D eigenvalue weighted by molar-refractivity contribution is 0.312. The number of nitriles is 1. The monoisotopic (exact) mass is 400 g/mol. The molecule has 0 atom stereocenters. The third kappa shape index (κ3) is 4.59. The third-order valence-corrected chi connectivity index (χ3v) is 10.2. The Hall–Kier alpha value is -2.87. The number of benzene rings is 3. The van der Waals surface area contributed by atoms with Gasteiger partial charge in [0.25, 0.3) is 8.32 Å². The van der Waals surface area contributed by atoms with Gasteiger partial charge in [0.05, 0.1) is 18.2 Å². The van der Waals surface area contributed by atoms with Gasteiger partial charge in [0.2, 0.25) is 0 Å². The molecule has 148 valence electrons. The van der Waals surface area contributed by atoms with Gasteiger partial charge >= 0.3 is 0 Å². The summed E-state index contributed by atoms with van der Waals surface area (Å²) in [7, 11) is -2.49. The van der Waals surface area contributed by atoms with Gasteiger partial charge in [-0.1, -0.05) is 81.4 Å². The number of nitrogens with one attached hydrogen (secondary N) is 1. The molecule has 0 amide bonds. The highest BCUT2D eigenvalue weighted by Crippen LogP contribution is 2.36. The molecule has 29 heavy (non-hydrogen) atoms. The van der Waals surface area contributed by atoms with E-state index in [2.05, 4.69) is 92.8 Å². The zero-order valence-corrected chi connectivity index (χ0v) is 18.4. The van der Waals surface area contributed by atoms with E-state index < -0.39 is 8.32 Å². The molecule has 3 aromatic rings. The van der Waals surface area contributed by atoms with Crippen molar-refractivity contribution in [2.75, 3.05) is 18.5 Å². The second-order valence-corrected chi connectivity index (χ2v) is 12.4. The molecule has 1 N–H and O–H groups in total. The minimum absolute atomic E-state index is 0.0237. The molecule has 0 radical (unpaired) electrons. The highest BCUT2D eigenvalue weighted by Gasteiger charge is 2.49. The fraction of sp³-hybridized carbons (Fsp3) is 0.240. The van der Waals surface area contributed by atoms with Crippen LogP contribution in [0.25, 0.3) is 0 Å². The van der Waals surface area contributed by atoms with Crippen molar-refractivity contribution in [3.05, 3.63) is 90.5 Å². The van der Waals surface area contributed by atoms with E-state index in [0.29, 0.717) is 18.7 Å². The van der Waals surface area contributed by atoms with Crippen LogP contribution in [0.1, 0.15) is 26.3 Å². The quantitative estimate of drug-likeness (QED) is 0.467. The molecular formula is C25H28N2OSi. The van der Waals surface area contributed by atoms with Crippen molar-refractivity contribution in [1.29, 1.82) is 5.26 Å². The molecule has 3 aromatic carbocycles. The Labute approximate surface area is 175 Å². The van der Waals surface area contributed by atoms with Gasteiger partial charge < -0.3 is 9.74 Å². The Bertz CT molecular complexity index is 903. The lowest BCUT2D eigenvalue weighted by Crippen LogP contribution is -2.66. The first-order valence-electron chi connectivity index (χ1n) is 9.96. The Morgan fingerprint density at radius 3 is 1.79 bits per heavy atom. The maximum absolute atomic E-state index is 8.94. The first-order chi connectivity index (χ1) is 14.0. The minimum atomic E-state index is -2.49. The Morgan fingerprint density at radius 2 is 1.34 bits per heavy atom. The van der Waals surface area contributed by atoms with Crippen LogP contribution in [0.15, 0.2) is 84.9 Å². The number of nitrogens with zero attached hydrogens (tertiary/aromatic N) is 1. The van der Waals surface area contributed by atoms with Gasteiger partial charge in [0.15, 0.2) is 0 Å². The zero-order valence-electron chi connectivity index (χ0n) is 17.4. The van der Waals surface area contributed by atoms with Gasteiger partial charge in [-0.25, -0.2) is 0 Å². The van der Waals surface area contributed by atoms with Crippen molar-refractivity contribution in [3.63, 3.8) is 0 Å². The summed E-state index contributed by atoms with van der Waals surface area (Å²) in [5.74, 6) is 0. The van der Waals surface area contributed by atoms with E-state index in [9.17, 15) is 0 Å². The smallest absolute Gasteiger partial charge is 0.261 e. The maximum atomic E-state index is 8.94. The average molecular weight is 401 g/mol. The van der Waals surface area contributed by atoms with Crippen molar-refractivity contribution < 1.29 is 4.43 Å². The first kappa shape index (κ1) is 20.9. The van der Waals surface area contributed by atoms with Crippen molar-refractivity contribution in [2.24, 2.45) is 0 Å². The summed E-state index contributed by atoms with van der Waals surface area (Å²) < 4.78 is 6.86. The van der Waals surface area contributed by atoms with Crippen LogP contribution < -0.4 is 15.7 Å². The fourth-order valence-electron chi connectivity index (χ4n) is 3.82.